The third-order valence-electron chi connectivity index (χ3n) is 1.64. The van der Waals surface area contributed by atoms with Crippen LogP contribution in [0.1, 0.15) is 5.56 Å². The molecule has 1 aromatic rings. The number of benzene rings is 1. The molecule has 0 unspecified atom stereocenters. The van der Waals surface area contributed by atoms with Crippen molar-refractivity contribution in [3.05, 3.63) is 35.6 Å². The van der Waals surface area contributed by atoms with Gasteiger partial charge in [-0.2, -0.15) is 0 Å². The summed E-state index contributed by atoms with van der Waals surface area (Å²) < 4.78 is 0. The topological polar surface area (TPSA) is 55.8 Å². The van der Waals surface area contributed by atoms with Crippen molar-refractivity contribution in [1.82, 2.24) is 0 Å². The largest absolute Gasteiger partial charge is 0.475 e. The molecule has 1 aliphatic rings. The Morgan fingerprint density at radius 3 is 2.77 bits per heavy atom. The minimum Gasteiger partial charge on any atom is -0.475 e. The third-order valence-corrected chi connectivity index (χ3v) is 1.64. The van der Waals surface area contributed by atoms with Crippen LogP contribution in [0.5, 0.6) is 5.75 Å². The molecule has 13 heavy (non-hydrogen) atoms. The van der Waals surface area contributed by atoms with Crippen molar-refractivity contribution in [2.24, 2.45) is 0 Å². The van der Waals surface area contributed by atoms with Crippen molar-refractivity contribution in [2.75, 3.05) is 0 Å². The smallest absolute Gasteiger partial charge is 0.376 e. The van der Waals surface area contributed by atoms with Crippen molar-refractivity contribution >= 4 is 12.0 Å². The quantitative estimate of drug-likeness (QED) is 0.661. The van der Waals surface area contributed by atoms with E-state index >= 15 is 0 Å². The Balaban J connectivity index is 2.44. The molecular weight excluding hydrogens is 172 g/mol. The molecule has 4 nitrogen and oxygen atoms in total. The first-order valence-electron chi connectivity index (χ1n) is 3.66. The fraction of sp³-hybridized carbons (Fsp3) is 0. The highest BCUT2D eigenvalue weighted by atomic mass is 17.2. The summed E-state index contributed by atoms with van der Waals surface area (Å²) in [6, 6.07) is 7.02. The Hall–Kier alpha value is -1.97. The van der Waals surface area contributed by atoms with Crippen LogP contribution in [0.2, 0.25) is 0 Å². The van der Waals surface area contributed by atoms with E-state index < -0.39 is 5.97 Å². The molecule has 0 atom stereocenters. The molecule has 1 aromatic carbocycles. The van der Waals surface area contributed by atoms with Crippen molar-refractivity contribution < 1.29 is 19.7 Å². The van der Waals surface area contributed by atoms with E-state index in [1.165, 1.54) is 6.08 Å². The van der Waals surface area contributed by atoms with Gasteiger partial charge in [-0.25, -0.2) is 4.79 Å². The van der Waals surface area contributed by atoms with Crippen LogP contribution in [0.15, 0.2) is 30.0 Å². The number of aliphatic carboxylic acids is 1. The molecule has 0 spiro atoms. The maximum atomic E-state index is 10.5. The van der Waals surface area contributed by atoms with Gasteiger partial charge in [0.15, 0.2) is 5.75 Å². The minimum atomic E-state index is -1.14. The van der Waals surface area contributed by atoms with E-state index in [-0.39, 0.29) is 5.76 Å². The standard InChI is InChI=1S/C9H6O4/c10-9(11)8-5-6-3-1-2-4-7(6)12-13-8/h1-5H,(H,10,11). The summed E-state index contributed by atoms with van der Waals surface area (Å²) in [5.41, 5.74) is 0.700. The Morgan fingerprint density at radius 2 is 2.00 bits per heavy atom. The van der Waals surface area contributed by atoms with E-state index in [4.69, 9.17) is 9.99 Å². The zero-order valence-corrected chi connectivity index (χ0v) is 6.56. The van der Waals surface area contributed by atoms with Crippen molar-refractivity contribution in [3.63, 3.8) is 0 Å². The monoisotopic (exact) mass is 178 g/mol. The van der Waals surface area contributed by atoms with Crippen LogP contribution in [0.4, 0.5) is 0 Å². The normalized spacial score (nSPS) is 13.4. The lowest BCUT2D eigenvalue weighted by molar-refractivity contribution is -0.183. The molecule has 0 amide bonds. The molecule has 1 N–H and O–H groups in total. The Morgan fingerprint density at radius 1 is 1.23 bits per heavy atom. The van der Waals surface area contributed by atoms with E-state index in [1.807, 2.05) is 0 Å². The van der Waals surface area contributed by atoms with Gasteiger partial charge in [-0.05, 0) is 6.07 Å². The van der Waals surface area contributed by atoms with E-state index in [0.29, 0.717) is 11.3 Å². The van der Waals surface area contributed by atoms with Gasteiger partial charge in [-0.3, -0.25) is 9.78 Å². The second kappa shape index (κ2) is 2.82. The average molecular weight is 178 g/mol. The summed E-state index contributed by atoms with van der Waals surface area (Å²) in [5.74, 6) is -0.833. The van der Waals surface area contributed by atoms with Crippen LogP contribution < -0.4 is 4.89 Å². The fourth-order valence-corrected chi connectivity index (χ4v) is 1.03. The van der Waals surface area contributed by atoms with Crippen LogP contribution in [-0.2, 0) is 9.68 Å². The maximum Gasteiger partial charge on any atom is 0.376 e. The van der Waals surface area contributed by atoms with Crippen molar-refractivity contribution in [2.45, 2.75) is 0 Å². The highest BCUT2D eigenvalue weighted by Crippen LogP contribution is 2.26. The molecule has 0 aromatic heterocycles. The highest BCUT2D eigenvalue weighted by molar-refractivity contribution is 5.90. The van der Waals surface area contributed by atoms with Gasteiger partial charge < -0.3 is 5.11 Å². The molecule has 0 saturated heterocycles. The summed E-state index contributed by atoms with van der Waals surface area (Å²) in [6.07, 6.45) is 1.42. The highest BCUT2D eigenvalue weighted by Gasteiger charge is 2.18. The number of hydrogen-bond donors (Lipinski definition) is 1. The third kappa shape index (κ3) is 1.33. The predicted octanol–water partition coefficient (Wildman–Crippen LogP) is 1.44. The summed E-state index contributed by atoms with van der Waals surface area (Å²) in [6.45, 7) is 0. The Labute approximate surface area is 73.9 Å². The lowest BCUT2D eigenvalue weighted by atomic mass is 10.1. The Kier molecular flexibility index (Phi) is 1.66. The van der Waals surface area contributed by atoms with E-state index in [0.717, 1.165) is 0 Å². The van der Waals surface area contributed by atoms with Gasteiger partial charge in [0.25, 0.3) is 5.76 Å². The molecule has 2 rings (SSSR count). The van der Waals surface area contributed by atoms with Crippen LogP contribution in [0.25, 0.3) is 6.08 Å². The number of para-hydroxylation sites is 1. The first-order chi connectivity index (χ1) is 6.27. The first-order valence-corrected chi connectivity index (χ1v) is 3.66. The molecule has 66 valence electrons. The summed E-state index contributed by atoms with van der Waals surface area (Å²) in [4.78, 5) is 19.8. The van der Waals surface area contributed by atoms with Gasteiger partial charge in [0.1, 0.15) is 0 Å². The lowest BCUT2D eigenvalue weighted by Gasteiger charge is -2.13. The second-order valence-electron chi connectivity index (χ2n) is 2.52. The van der Waals surface area contributed by atoms with Crippen LogP contribution in [-0.4, -0.2) is 11.1 Å². The molecule has 0 fully saturated rings. The van der Waals surface area contributed by atoms with Gasteiger partial charge in [0.2, 0.25) is 0 Å². The number of carboxylic acids is 1. The van der Waals surface area contributed by atoms with E-state index in [1.54, 1.807) is 24.3 Å². The predicted molar refractivity (Wildman–Crippen MR) is 43.8 cm³/mol. The van der Waals surface area contributed by atoms with E-state index in [2.05, 4.69) is 4.89 Å². The average Bonchev–Trinajstić information content (AvgIpc) is 2.17. The number of rotatable bonds is 1. The minimum absolute atomic E-state index is 0.210. The number of hydrogen-bond acceptors (Lipinski definition) is 3. The molecule has 0 saturated carbocycles. The summed E-state index contributed by atoms with van der Waals surface area (Å²) in [5, 5.41) is 8.59. The lowest BCUT2D eigenvalue weighted by Crippen LogP contribution is -2.11. The molecule has 0 aliphatic carbocycles. The zero-order chi connectivity index (χ0) is 9.26. The van der Waals surface area contributed by atoms with Crippen LogP contribution in [0, 0.1) is 0 Å². The van der Waals surface area contributed by atoms with Gasteiger partial charge >= 0.3 is 5.97 Å². The molecule has 0 bridgehead atoms. The number of carbonyl (C=O) groups is 1. The fourth-order valence-electron chi connectivity index (χ4n) is 1.03. The van der Waals surface area contributed by atoms with Gasteiger partial charge in [0.05, 0.1) is 0 Å². The summed E-state index contributed by atoms with van der Waals surface area (Å²) >= 11 is 0. The van der Waals surface area contributed by atoms with Crippen molar-refractivity contribution in [1.29, 1.82) is 0 Å². The van der Waals surface area contributed by atoms with E-state index in [9.17, 15) is 4.79 Å². The Bertz CT molecular complexity index is 381. The zero-order valence-electron chi connectivity index (χ0n) is 6.56. The number of fused-ring (bicyclic) bond motifs is 1. The molecule has 4 heteroatoms. The van der Waals surface area contributed by atoms with Crippen LogP contribution in [0.3, 0.4) is 0 Å². The summed E-state index contributed by atoms with van der Waals surface area (Å²) in [7, 11) is 0. The van der Waals surface area contributed by atoms with Crippen molar-refractivity contribution in [3.8, 4) is 5.75 Å². The van der Waals surface area contributed by atoms with Gasteiger partial charge in [-0.1, -0.05) is 18.2 Å². The maximum absolute atomic E-state index is 10.5. The SMILES string of the molecule is O=C(O)C1=Cc2ccccc2OO1. The van der Waals surface area contributed by atoms with Gasteiger partial charge in [-0.15, -0.1) is 0 Å². The first kappa shape index (κ1) is 7.67. The second-order valence-corrected chi connectivity index (χ2v) is 2.52. The number of carboxylic acid groups (broad SMARTS) is 1. The molecular formula is C9H6O4. The molecule has 1 heterocycles. The van der Waals surface area contributed by atoms with Crippen LogP contribution >= 0.6 is 0 Å². The van der Waals surface area contributed by atoms with Gasteiger partial charge in [0, 0.05) is 11.6 Å². The molecule has 0 radical (unpaired) electrons. The molecule has 1 aliphatic heterocycles.